The minimum Gasteiger partial charge on any atom is -1.00 e. The lowest BCUT2D eigenvalue weighted by Crippen LogP contribution is -3.00. The minimum absolute atomic E-state index is 0. The van der Waals surface area contributed by atoms with Gasteiger partial charge in [-0.1, -0.05) is 71.9 Å². The summed E-state index contributed by atoms with van der Waals surface area (Å²) < 4.78 is 10.1. The van der Waals surface area contributed by atoms with Crippen molar-refractivity contribution in [3.63, 3.8) is 0 Å². The van der Waals surface area contributed by atoms with Crippen LogP contribution in [0.2, 0.25) is 0 Å². The Hall–Kier alpha value is -4.92. The summed E-state index contributed by atoms with van der Waals surface area (Å²) in [6, 6.07) is 20.0. The molecule has 2 aromatic carbocycles. The van der Waals surface area contributed by atoms with Crippen molar-refractivity contribution in [2.75, 3.05) is 11.5 Å². The highest BCUT2D eigenvalue weighted by Gasteiger charge is 2.55. The summed E-state index contributed by atoms with van der Waals surface area (Å²) in [4.78, 5) is 53.2. The minimum atomic E-state index is -0.920. The topological polar surface area (TPSA) is 145 Å². The van der Waals surface area contributed by atoms with Gasteiger partial charge in [0.05, 0.1) is 6.20 Å². The van der Waals surface area contributed by atoms with Gasteiger partial charge in [0.1, 0.15) is 35.5 Å². The van der Waals surface area contributed by atoms with Crippen LogP contribution in [-0.2, 0) is 37.6 Å². The van der Waals surface area contributed by atoms with E-state index in [9.17, 15) is 14.4 Å². The van der Waals surface area contributed by atoms with E-state index in [1.807, 2.05) is 108 Å². The van der Waals surface area contributed by atoms with Crippen molar-refractivity contribution in [3.8, 4) is 0 Å². The molecular formula is C35H34ClN7O5S2. The number of ether oxygens (including phenoxy) is 1. The number of nitrogens with zero attached hydrogens (tertiary/aromatic N) is 5. The maximum Gasteiger partial charge on any atom is 0.356 e. The second-order valence-corrected chi connectivity index (χ2v) is 13.7. The number of fused-ring (bicyclic) bond motifs is 1. The SMILES string of the molecule is C[n+]1cccn1CC1=C(C(=O)OC(c2ccccc2)c2ccccc2)N2C(=O)[C@@H](NC(=O)C(=NOC3C=CCC3)c3csc(N)n3)[C@H]2SC1.[Cl-]. The van der Waals surface area contributed by atoms with Gasteiger partial charge in [0.2, 0.25) is 0 Å². The average molecular weight is 732 g/mol. The number of esters is 1. The van der Waals surface area contributed by atoms with E-state index in [0.29, 0.717) is 12.3 Å². The fraction of sp³-hybridized carbons (Fsp3) is 0.257. The van der Waals surface area contributed by atoms with Crippen LogP contribution in [0.3, 0.4) is 0 Å². The van der Waals surface area contributed by atoms with Gasteiger partial charge < -0.3 is 33.0 Å². The van der Waals surface area contributed by atoms with Gasteiger partial charge in [0.25, 0.3) is 11.8 Å². The summed E-state index contributed by atoms with van der Waals surface area (Å²) in [6.07, 6.45) is 8.33. The number of oxime groups is 1. The predicted molar refractivity (Wildman–Crippen MR) is 185 cm³/mol. The highest BCUT2D eigenvalue weighted by atomic mass is 35.5. The van der Waals surface area contributed by atoms with Crippen molar-refractivity contribution in [3.05, 3.63) is 125 Å². The number of hydrogen-bond acceptors (Lipinski definition) is 10. The third kappa shape index (κ3) is 7.18. The number of thioether (sulfide) groups is 1. The number of hydrogen-bond donors (Lipinski definition) is 2. The number of thiazole rings is 1. The number of rotatable bonds is 11. The molecule has 3 N–H and O–H groups in total. The van der Waals surface area contributed by atoms with E-state index in [1.165, 1.54) is 28.0 Å². The second kappa shape index (κ2) is 15.3. The van der Waals surface area contributed by atoms with Crippen LogP contribution in [0.1, 0.15) is 35.8 Å². The van der Waals surface area contributed by atoms with Gasteiger partial charge in [-0.2, -0.15) is 4.68 Å². The average Bonchev–Trinajstić information content (AvgIpc) is 3.90. The smallest absolute Gasteiger partial charge is 0.356 e. The Bertz CT molecular complexity index is 1920. The molecule has 0 saturated carbocycles. The Balaban J connectivity index is 0.00000432. The van der Waals surface area contributed by atoms with E-state index < -0.39 is 35.3 Å². The summed E-state index contributed by atoms with van der Waals surface area (Å²) in [5, 5.41) is 8.32. The van der Waals surface area contributed by atoms with E-state index >= 15 is 0 Å². The van der Waals surface area contributed by atoms with Crippen molar-refractivity contribution in [2.45, 2.75) is 43.0 Å². The van der Waals surface area contributed by atoms with Crippen LogP contribution in [0.25, 0.3) is 0 Å². The van der Waals surface area contributed by atoms with Gasteiger partial charge in [0.15, 0.2) is 30.2 Å². The molecule has 15 heteroatoms. The predicted octanol–water partition coefficient (Wildman–Crippen LogP) is 0.482. The molecule has 0 bridgehead atoms. The molecular weight excluding hydrogens is 698 g/mol. The molecule has 0 radical (unpaired) electrons. The molecule has 1 saturated heterocycles. The highest BCUT2D eigenvalue weighted by molar-refractivity contribution is 8.00. The molecule has 258 valence electrons. The molecule has 3 atom stereocenters. The van der Waals surface area contributed by atoms with Gasteiger partial charge in [-0.15, -0.1) is 27.8 Å². The molecule has 3 aliphatic rings. The Morgan fingerprint density at radius 3 is 2.44 bits per heavy atom. The lowest BCUT2D eigenvalue weighted by Gasteiger charge is -2.49. The van der Waals surface area contributed by atoms with Crippen LogP contribution in [0.5, 0.6) is 0 Å². The lowest BCUT2D eigenvalue weighted by molar-refractivity contribution is -0.752. The van der Waals surface area contributed by atoms with Crippen molar-refractivity contribution >= 4 is 51.7 Å². The third-order valence-corrected chi connectivity index (χ3v) is 10.5. The first-order valence-electron chi connectivity index (χ1n) is 15.8. The molecule has 1 aliphatic carbocycles. The van der Waals surface area contributed by atoms with Gasteiger partial charge in [-0.05, 0) is 35.6 Å². The molecule has 1 fully saturated rings. The standard InChI is InChI=1S/C35H33N7O5S2.ClH/c1-40-17-10-18-41(40)19-24-20-48-33-28(38-31(43)27(26-21-49-35(36)37-26)39-47-25-15-8-9-16-25)32(44)42(33)29(24)34(45)46-30(22-11-4-2-5-12-22)23-13-6-3-7-14-23;/h2-8,10-15,17-18,21,25,28,30,33H,9,16,19-20H2,1H3,(H2-,36,37,38,43);1H/t25?,28-,33-;/m1./s1. The molecule has 2 aromatic heterocycles. The second-order valence-electron chi connectivity index (χ2n) is 11.7. The van der Waals surface area contributed by atoms with E-state index in [4.69, 9.17) is 15.3 Å². The number of nitrogens with two attached hydrogens (primary N) is 1. The third-order valence-electron chi connectivity index (χ3n) is 8.50. The number of aryl methyl sites for hydroxylation is 1. The lowest BCUT2D eigenvalue weighted by atomic mass is 10.0. The van der Waals surface area contributed by atoms with Gasteiger partial charge in [-0.3, -0.25) is 14.5 Å². The molecule has 4 heterocycles. The fourth-order valence-corrected chi connectivity index (χ4v) is 7.86. The first kappa shape index (κ1) is 34.9. The van der Waals surface area contributed by atoms with Gasteiger partial charge >= 0.3 is 5.97 Å². The van der Waals surface area contributed by atoms with Crippen molar-refractivity contribution < 1.29 is 41.0 Å². The Morgan fingerprint density at radius 2 is 1.84 bits per heavy atom. The summed E-state index contributed by atoms with van der Waals surface area (Å²) in [5.41, 5.74) is 8.54. The number of halogens is 1. The zero-order valence-electron chi connectivity index (χ0n) is 26.9. The quantitative estimate of drug-likeness (QED) is 0.0567. The Kier molecular flexibility index (Phi) is 10.7. The maximum absolute atomic E-state index is 14.3. The Morgan fingerprint density at radius 1 is 1.12 bits per heavy atom. The molecule has 0 spiro atoms. The van der Waals surface area contributed by atoms with Gasteiger partial charge in [0, 0.05) is 17.2 Å². The number of nitrogen functional groups attached to an aromatic ring is 1. The van der Waals surface area contributed by atoms with E-state index in [0.717, 1.165) is 29.5 Å². The number of allylic oxidation sites excluding steroid dienone is 1. The van der Waals surface area contributed by atoms with Crippen LogP contribution >= 0.6 is 23.1 Å². The van der Waals surface area contributed by atoms with Crippen molar-refractivity contribution in [1.82, 2.24) is 19.9 Å². The number of aromatic nitrogens is 3. The summed E-state index contributed by atoms with van der Waals surface area (Å²) >= 11 is 2.64. The van der Waals surface area contributed by atoms with Crippen molar-refractivity contribution in [2.24, 2.45) is 12.2 Å². The van der Waals surface area contributed by atoms with Crippen molar-refractivity contribution in [1.29, 1.82) is 0 Å². The van der Waals surface area contributed by atoms with Crippen LogP contribution in [0.15, 0.2) is 113 Å². The van der Waals surface area contributed by atoms with Crippen LogP contribution in [0, 0.1) is 0 Å². The number of benzene rings is 2. The molecule has 50 heavy (non-hydrogen) atoms. The number of nitrogens with one attached hydrogen (secondary N) is 1. The summed E-state index contributed by atoms with van der Waals surface area (Å²) in [7, 11) is 1.90. The molecule has 7 rings (SSSR count). The molecule has 2 aliphatic heterocycles. The summed E-state index contributed by atoms with van der Waals surface area (Å²) in [5.74, 6) is -1.24. The molecule has 1 unspecified atom stereocenters. The molecule has 12 nitrogen and oxygen atoms in total. The number of β-lactam (4-membered cyclic amide) rings is 1. The van der Waals surface area contributed by atoms with Crippen LogP contribution in [-0.4, -0.2) is 61.3 Å². The maximum atomic E-state index is 14.3. The van der Waals surface area contributed by atoms with Crippen LogP contribution < -0.4 is 28.1 Å². The highest BCUT2D eigenvalue weighted by Crippen LogP contribution is 2.42. The van der Waals surface area contributed by atoms with E-state index in [2.05, 4.69) is 15.5 Å². The summed E-state index contributed by atoms with van der Waals surface area (Å²) in [6.45, 7) is 0.366. The normalized spacial score (nSPS) is 19.9. The number of carbonyl (C=O) groups is 3. The van der Waals surface area contributed by atoms with Gasteiger partial charge in [-0.25, -0.2) is 9.78 Å². The first-order valence-corrected chi connectivity index (χ1v) is 17.7. The number of amides is 2. The largest absolute Gasteiger partial charge is 1.00 e. The van der Waals surface area contributed by atoms with Crippen LogP contribution in [0.4, 0.5) is 5.13 Å². The van der Waals surface area contributed by atoms with E-state index in [-0.39, 0.29) is 40.7 Å². The molecule has 2 amide bonds. The first-order chi connectivity index (χ1) is 23.9. The zero-order chi connectivity index (χ0) is 33.9. The zero-order valence-corrected chi connectivity index (χ0v) is 29.3. The monoisotopic (exact) mass is 731 g/mol. The fourth-order valence-electron chi connectivity index (χ4n) is 5.98. The van der Waals surface area contributed by atoms with E-state index in [1.54, 1.807) is 5.38 Å². The number of anilines is 1. The Labute approximate surface area is 303 Å². The molecule has 4 aromatic rings. The number of carbonyl (C=O) groups excluding carboxylic acids is 3.